The third-order valence-electron chi connectivity index (χ3n) is 2.91. The maximum atomic E-state index is 12.2. The van der Waals surface area contributed by atoms with Crippen molar-refractivity contribution in [3.8, 4) is 0 Å². The van der Waals surface area contributed by atoms with Crippen LogP contribution in [0, 0.1) is 0 Å². The molecule has 0 bridgehead atoms. The van der Waals surface area contributed by atoms with Crippen molar-refractivity contribution in [2.45, 2.75) is 38.4 Å². The molecule has 1 unspecified atom stereocenters. The monoisotopic (exact) mass is 334 g/mol. The number of nitrogens with one attached hydrogen (secondary N) is 1. The van der Waals surface area contributed by atoms with Gasteiger partial charge in [-0.15, -0.1) is 0 Å². The van der Waals surface area contributed by atoms with Gasteiger partial charge in [0.05, 0.1) is 12.1 Å². The van der Waals surface area contributed by atoms with Gasteiger partial charge in [-0.3, -0.25) is 0 Å². The van der Waals surface area contributed by atoms with Gasteiger partial charge in [0.2, 0.25) is 5.89 Å². The van der Waals surface area contributed by atoms with E-state index in [9.17, 15) is 13.2 Å². The van der Waals surface area contributed by atoms with Gasteiger partial charge in [-0.1, -0.05) is 23.7 Å². The van der Waals surface area contributed by atoms with Crippen LogP contribution in [0.15, 0.2) is 22.9 Å². The molecule has 5 nitrogen and oxygen atoms in total. The Morgan fingerprint density at radius 3 is 2.82 bits per heavy atom. The maximum Gasteiger partial charge on any atom is 0.389 e. The Morgan fingerprint density at radius 2 is 2.18 bits per heavy atom. The average Bonchev–Trinajstić information content (AvgIpc) is 2.92. The van der Waals surface area contributed by atoms with Crippen LogP contribution in [-0.4, -0.2) is 21.3 Å². The van der Waals surface area contributed by atoms with Crippen molar-refractivity contribution >= 4 is 17.3 Å². The second-order valence-electron chi connectivity index (χ2n) is 4.61. The molecule has 0 aliphatic rings. The van der Waals surface area contributed by atoms with Gasteiger partial charge < -0.3 is 9.84 Å². The van der Waals surface area contributed by atoms with Crippen LogP contribution in [0.3, 0.4) is 0 Å². The zero-order chi connectivity index (χ0) is 16.2. The van der Waals surface area contributed by atoms with Crippen molar-refractivity contribution < 1.29 is 17.7 Å². The highest BCUT2D eigenvalue weighted by Crippen LogP contribution is 2.26. The predicted octanol–water partition coefficient (Wildman–Crippen LogP) is 4.18. The van der Waals surface area contributed by atoms with Gasteiger partial charge in [0.15, 0.2) is 11.0 Å². The van der Waals surface area contributed by atoms with E-state index < -0.39 is 12.6 Å². The Kier molecular flexibility index (Phi) is 5.23. The minimum Gasteiger partial charge on any atom is -0.371 e. The summed E-state index contributed by atoms with van der Waals surface area (Å²) in [4.78, 5) is 7.94. The lowest BCUT2D eigenvalue weighted by Crippen LogP contribution is -2.11. The third kappa shape index (κ3) is 4.59. The van der Waals surface area contributed by atoms with Crippen LogP contribution in [0.4, 0.5) is 18.9 Å². The smallest absolute Gasteiger partial charge is 0.371 e. The van der Waals surface area contributed by atoms with Crippen LogP contribution in [0.25, 0.3) is 0 Å². The fourth-order valence-corrected chi connectivity index (χ4v) is 1.96. The molecule has 0 aliphatic heterocycles. The molecule has 0 amide bonds. The van der Waals surface area contributed by atoms with Crippen molar-refractivity contribution in [3.05, 3.63) is 35.2 Å². The van der Waals surface area contributed by atoms with Crippen LogP contribution >= 0.6 is 11.6 Å². The Hall–Kier alpha value is -1.83. The largest absolute Gasteiger partial charge is 0.389 e. The first kappa shape index (κ1) is 16.5. The Labute approximate surface area is 129 Å². The summed E-state index contributed by atoms with van der Waals surface area (Å²) in [6.45, 7) is 1.88. The Morgan fingerprint density at radius 1 is 1.41 bits per heavy atom. The number of hydrogen-bond acceptors (Lipinski definition) is 5. The topological polar surface area (TPSA) is 63.8 Å². The second kappa shape index (κ2) is 6.95. The second-order valence-corrected chi connectivity index (χ2v) is 4.97. The number of nitrogens with zero attached hydrogens (tertiary/aromatic N) is 3. The molecule has 22 heavy (non-hydrogen) atoms. The van der Waals surface area contributed by atoms with Crippen molar-refractivity contribution in [1.82, 2.24) is 15.1 Å². The summed E-state index contributed by atoms with van der Waals surface area (Å²) in [6.07, 6.45) is -3.39. The molecule has 0 spiro atoms. The number of alkyl halides is 3. The summed E-state index contributed by atoms with van der Waals surface area (Å²) < 4.78 is 41.6. The van der Waals surface area contributed by atoms with Gasteiger partial charge in [-0.25, -0.2) is 4.98 Å². The van der Waals surface area contributed by atoms with Gasteiger partial charge in [-0.2, -0.15) is 18.2 Å². The molecule has 2 aromatic rings. The lowest BCUT2D eigenvalue weighted by molar-refractivity contribution is -0.134. The highest BCUT2D eigenvalue weighted by atomic mass is 35.5. The first-order valence-electron chi connectivity index (χ1n) is 6.65. The summed E-state index contributed by atoms with van der Waals surface area (Å²) in [5, 5.41) is 6.95. The predicted molar refractivity (Wildman–Crippen MR) is 74.6 cm³/mol. The van der Waals surface area contributed by atoms with E-state index in [2.05, 4.69) is 20.4 Å². The highest BCUT2D eigenvalue weighted by Gasteiger charge is 2.28. The molecular weight excluding hydrogens is 321 g/mol. The number of aromatic nitrogens is 3. The molecular formula is C13H14ClF3N4O. The summed E-state index contributed by atoms with van der Waals surface area (Å²) in [7, 11) is 0. The Balaban J connectivity index is 2.05. The molecule has 0 aromatic carbocycles. The number of anilines is 1. The molecule has 9 heteroatoms. The SMILES string of the molecule is CCC(Nc1cccnc1Cl)c1nc(CCC(F)(F)F)no1. The quantitative estimate of drug-likeness (QED) is 0.803. The van der Waals surface area contributed by atoms with E-state index >= 15 is 0 Å². The van der Waals surface area contributed by atoms with Gasteiger partial charge in [0, 0.05) is 12.6 Å². The summed E-state index contributed by atoms with van der Waals surface area (Å²) in [5.41, 5.74) is 0.589. The van der Waals surface area contributed by atoms with E-state index in [4.69, 9.17) is 16.1 Å². The molecule has 0 radical (unpaired) electrons. The minimum atomic E-state index is -4.24. The van der Waals surface area contributed by atoms with Crippen LogP contribution in [0.2, 0.25) is 5.15 Å². The molecule has 2 heterocycles. The van der Waals surface area contributed by atoms with E-state index in [-0.39, 0.29) is 29.3 Å². The van der Waals surface area contributed by atoms with Crippen molar-refractivity contribution in [1.29, 1.82) is 0 Å². The van der Waals surface area contributed by atoms with Crippen LogP contribution in [0.1, 0.15) is 37.5 Å². The minimum absolute atomic E-state index is 0.0323. The first-order valence-corrected chi connectivity index (χ1v) is 7.03. The lowest BCUT2D eigenvalue weighted by Gasteiger charge is -2.14. The van der Waals surface area contributed by atoms with Crippen LogP contribution < -0.4 is 5.32 Å². The molecule has 0 saturated heterocycles. The number of rotatable bonds is 6. The molecule has 120 valence electrons. The van der Waals surface area contributed by atoms with Gasteiger partial charge in [0.1, 0.15) is 6.04 Å². The normalized spacial score (nSPS) is 13.1. The first-order chi connectivity index (χ1) is 10.4. The van der Waals surface area contributed by atoms with Crippen molar-refractivity contribution in [2.24, 2.45) is 0 Å². The molecule has 1 N–H and O–H groups in total. The van der Waals surface area contributed by atoms with E-state index in [0.717, 1.165) is 0 Å². The standard InChI is InChI=1S/C13H14ClF3N4O/c1-2-8(19-9-4-3-7-18-11(9)14)12-20-10(21-22-12)5-6-13(15,16)17/h3-4,7-8,19H,2,5-6H2,1H3. The van der Waals surface area contributed by atoms with E-state index in [1.807, 2.05) is 6.92 Å². The summed E-state index contributed by atoms with van der Waals surface area (Å²) in [5.74, 6) is 0.254. The number of halogens is 4. The Bertz CT molecular complexity index is 617. The molecule has 2 rings (SSSR count). The van der Waals surface area contributed by atoms with Crippen molar-refractivity contribution in [2.75, 3.05) is 5.32 Å². The zero-order valence-corrected chi connectivity index (χ0v) is 12.4. The zero-order valence-electron chi connectivity index (χ0n) is 11.7. The van der Waals surface area contributed by atoms with Gasteiger partial charge in [0.25, 0.3) is 0 Å². The van der Waals surface area contributed by atoms with E-state index in [1.165, 1.54) is 0 Å². The summed E-state index contributed by atoms with van der Waals surface area (Å²) in [6, 6.07) is 3.09. The summed E-state index contributed by atoms with van der Waals surface area (Å²) >= 11 is 5.95. The van der Waals surface area contributed by atoms with Crippen LogP contribution in [0.5, 0.6) is 0 Å². The maximum absolute atomic E-state index is 12.2. The average molecular weight is 335 g/mol. The highest BCUT2D eigenvalue weighted by molar-refractivity contribution is 6.31. The molecule has 0 saturated carbocycles. The van der Waals surface area contributed by atoms with Crippen molar-refractivity contribution in [3.63, 3.8) is 0 Å². The van der Waals surface area contributed by atoms with Gasteiger partial charge >= 0.3 is 6.18 Å². The van der Waals surface area contributed by atoms with Gasteiger partial charge in [-0.05, 0) is 18.6 Å². The van der Waals surface area contributed by atoms with Crippen LogP contribution in [-0.2, 0) is 6.42 Å². The lowest BCUT2D eigenvalue weighted by atomic mass is 10.2. The number of pyridine rings is 1. The molecule has 2 aromatic heterocycles. The molecule has 0 fully saturated rings. The third-order valence-corrected chi connectivity index (χ3v) is 3.21. The fraction of sp³-hybridized carbons (Fsp3) is 0.462. The number of aryl methyl sites for hydroxylation is 1. The van der Waals surface area contributed by atoms with E-state index in [1.54, 1.807) is 18.3 Å². The molecule has 1 atom stereocenters. The number of hydrogen-bond donors (Lipinski definition) is 1. The molecule has 0 aliphatic carbocycles. The van der Waals surface area contributed by atoms with E-state index in [0.29, 0.717) is 12.1 Å². The fourth-order valence-electron chi connectivity index (χ4n) is 1.78.